The standard InChI is InChI=1S/C19H19F3N4O4/c1-10-5-12(24-6-15(10)30-9-19(20,21)22)7-26-8-14-13(18(26)29)3-4-23-16(14)25-17(28)11(2)27/h3-6,11,27H,7-9H2,1-2H3,(H,23,25,28)/t11-/m1/s1. The van der Waals surface area contributed by atoms with Crippen LogP contribution in [0.1, 0.15) is 34.1 Å². The summed E-state index contributed by atoms with van der Waals surface area (Å²) in [4.78, 5) is 34.1. The van der Waals surface area contributed by atoms with Crippen LogP contribution in [0.15, 0.2) is 24.5 Å². The van der Waals surface area contributed by atoms with E-state index in [9.17, 15) is 27.9 Å². The van der Waals surface area contributed by atoms with Crippen molar-refractivity contribution in [3.05, 3.63) is 46.9 Å². The minimum absolute atomic E-state index is 0.0134. The summed E-state index contributed by atoms with van der Waals surface area (Å²) in [6, 6.07) is 3.08. The third-order valence-corrected chi connectivity index (χ3v) is 4.41. The van der Waals surface area contributed by atoms with Gasteiger partial charge in [0.25, 0.3) is 11.8 Å². The summed E-state index contributed by atoms with van der Waals surface area (Å²) in [5, 5.41) is 11.8. The number of carbonyl (C=O) groups is 2. The van der Waals surface area contributed by atoms with E-state index in [-0.39, 0.29) is 30.6 Å². The number of amides is 2. The molecule has 0 bridgehead atoms. The van der Waals surface area contributed by atoms with E-state index in [0.717, 1.165) is 0 Å². The normalized spacial score (nSPS) is 14.5. The Labute approximate surface area is 169 Å². The van der Waals surface area contributed by atoms with Crippen LogP contribution in [0, 0.1) is 6.92 Å². The molecule has 30 heavy (non-hydrogen) atoms. The first kappa shape index (κ1) is 21.5. The minimum atomic E-state index is -4.45. The number of halogens is 3. The second-order valence-corrected chi connectivity index (χ2v) is 6.86. The van der Waals surface area contributed by atoms with Crippen molar-refractivity contribution in [1.29, 1.82) is 0 Å². The third kappa shape index (κ3) is 4.85. The molecule has 0 fully saturated rings. The van der Waals surface area contributed by atoms with Crippen LogP contribution in [0.5, 0.6) is 5.75 Å². The number of rotatable bonds is 6. The molecule has 1 aliphatic rings. The lowest BCUT2D eigenvalue weighted by Crippen LogP contribution is -2.26. The number of aromatic nitrogens is 2. The van der Waals surface area contributed by atoms with Crippen molar-refractivity contribution in [2.75, 3.05) is 11.9 Å². The molecule has 0 radical (unpaired) electrons. The number of hydrogen-bond acceptors (Lipinski definition) is 6. The molecule has 8 nitrogen and oxygen atoms in total. The molecular formula is C19H19F3N4O4. The summed E-state index contributed by atoms with van der Waals surface area (Å²) >= 11 is 0. The van der Waals surface area contributed by atoms with Crippen LogP contribution in [-0.2, 0) is 17.9 Å². The van der Waals surface area contributed by atoms with Crippen LogP contribution >= 0.6 is 0 Å². The maximum Gasteiger partial charge on any atom is 0.422 e. The average Bonchev–Trinajstić information content (AvgIpc) is 2.97. The number of carbonyl (C=O) groups excluding carboxylic acids is 2. The Bertz CT molecular complexity index is 979. The Morgan fingerprint density at radius 2 is 2.13 bits per heavy atom. The van der Waals surface area contributed by atoms with E-state index in [0.29, 0.717) is 22.4 Å². The zero-order chi connectivity index (χ0) is 22.1. The second-order valence-electron chi connectivity index (χ2n) is 6.86. The number of aryl methyl sites for hydroxylation is 1. The Morgan fingerprint density at radius 3 is 2.77 bits per heavy atom. The first-order valence-corrected chi connectivity index (χ1v) is 8.96. The van der Waals surface area contributed by atoms with Crippen molar-refractivity contribution in [2.24, 2.45) is 0 Å². The van der Waals surface area contributed by atoms with Crippen LogP contribution < -0.4 is 10.1 Å². The largest absolute Gasteiger partial charge is 0.482 e. The summed E-state index contributed by atoms with van der Waals surface area (Å²) in [6.45, 7) is 1.75. The van der Waals surface area contributed by atoms with Gasteiger partial charge in [-0.2, -0.15) is 13.2 Å². The molecule has 0 aromatic carbocycles. The number of ether oxygens (including phenoxy) is 1. The molecule has 1 atom stereocenters. The van der Waals surface area contributed by atoms with Crippen LogP contribution in [-0.4, -0.2) is 50.7 Å². The summed E-state index contributed by atoms with van der Waals surface area (Å²) in [7, 11) is 0. The minimum Gasteiger partial charge on any atom is -0.482 e. The molecule has 0 unspecified atom stereocenters. The Kier molecular flexibility index (Phi) is 5.92. The van der Waals surface area contributed by atoms with Gasteiger partial charge in [-0.1, -0.05) is 0 Å². The Hall–Kier alpha value is -3.21. The maximum absolute atomic E-state index is 12.7. The topological polar surface area (TPSA) is 105 Å². The molecule has 1 aliphatic heterocycles. The quantitative estimate of drug-likeness (QED) is 0.737. The average molecular weight is 424 g/mol. The molecular weight excluding hydrogens is 405 g/mol. The van der Waals surface area contributed by atoms with Crippen molar-refractivity contribution in [3.63, 3.8) is 0 Å². The van der Waals surface area contributed by atoms with Gasteiger partial charge in [0.05, 0.1) is 25.0 Å². The summed E-state index contributed by atoms with van der Waals surface area (Å²) in [5.74, 6) is -0.737. The van der Waals surface area contributed by atoms with Crippen molar-refractivity contribution in [2.45, 2.75) is 39.2 Å². The van der Waals surface area contributed by atoms with E-state index < -0.39 is 24.8 Å². The maximum atomic E-state index is 12.7. The predicted octanol–water partition coefficient (Wildman–Crippen LogP) is 2.20. The third-order valence-electron chi connectivity index (χ3n) is 4.41. The van der Waals surface area contributed by atoms with Crippen LogP contribution in [0.3, 0.4) is 0 Å². The molecule has 2 N–H and O–H groups in total. The molecule has 3 heterocycles. The molecule has 2 aromatic rings. The lowest BCUT2D eigenvalue weighted by molar-refractivity contribution is -0.153. The molecule has 0 spiro atoms. The van der Waals surface area contributed by atoms with Gasteiger partial charge in [-0.25, -0.2) is 4.98 Å². The SMILES string of the molecule is Cc1cc(CN2Cc3c(ccnc3NC(=O)[C@@H](C)O)C2=O)ncc1OCC(F)(F)F. The van der Waals surface area contributed by atoms with E-state index in [1.54, 1.807) is 13.0 Å². The molecule has 2 aromatic heterocycles. The first-order chi connectivity index (χ1) is 14.0. The number of anilines is 1. The number of hydrogen-bond donors (Lipinski definition) is 2. The molecule has 0 saturated heterocycles. The van der Waals surface area contributed by atoms with Gasteiger partial charge in [-0.3, -0.25) is 14.6 Å². The highest BCUT2D eigenvalue weighted by Crippen LogP contribution is 2.29. The fourth-order valence-corrected chi connectivity index (χ4v) is 2.94. The van der Waals surface area contributed by atoms with E-state index in [2.05, 4.69) is 15.3 Å². The first-order valence-electron chi connectivity index (χ1n) is 8.96. The molecule has 160 valence electrons. The van der Waals surface area contributed by atoms with Gasteiger partial charge in [-0.05, 0) is 31.5 Å². The monoisotopic (exact) mass is 424 g/mol. The van der Waals surface area contributed by atoms with Crippen molar-refractivity contribution in [1.82, 2.24) is 14.9 Å². The predicted molar refractivity (Wildman–Crippen MR) is 98.6 cm³/mol. The smallest absolute Gasteiger partial charge is 0.422 e. The summed E-state index contributed by atoms with van der Waals surface area (Å²) in [6.07, 6.45) is -3.11. The number of pyridine rings is 2. The van der Waals surface area contributed by atoms with E-state index in [1.807, 2.05) is 0 Å². The highest BCUT2D eigenvalue weighted by molar-refractivity contribution is 6.01. The lowest BCUT2D eigenvalue weighted by Gasteiger charge is -2.17. The van der Waals surface area contributed by atoms with Crippen molar-refractivity contribution in [3.8, 4) is 5.75 Å². The van der Waals surface area contributed by atoms with E-state index >= 15 is 0 Å². The summed E-state index contributed by atoms with van der Waals surface area (Å²) in [5.41, 5.74) is 1.81. The number of aliphatic hydroxyl groups is 1. The fraction of sp³-hybridized carbons (Fsp3) is 0.368. The zero-order valence-electron chi connectivity index (χ0n) is 16.2. The van der Waals surface area contributed by atoms with Crippen LogP contribution in [0.4, 0.5) is 19.0 Å². The molecule has 3 rings (SSSR count). The van der Waals surface area contributed by atoms with Gasteiger partial charge < -0.3 is 20.1 Å². The Morgan fingerprint density at radius 1 is 1.40 bits per heavy atom. The van der Waals surface area contributed by atoms with Crippen molar-refractivity contribution < 1.29 is 32.6 Å². The Balaban J connectivity index is 1.73. The molecule has 0 aliphatic carbocycles. The van der Waals surface area contributed by atoms with Gasteiger partial charge >= 0.3 is 6.18 Å². The van der Waals surface area contributed by atoms with Crippen LogP contribution in [0.25, 0.3) is 0 Å². The number of alkyl halides is 3. The van der Waals surface area contributed by atoms with Gasteiger partial charge in [0, 0.05) is 17.3 Å². The highest BCUT2D eigenvalue weighted by atomic mass is 19.4. The van der Waals surface area contributed by atoms with Crippen molar-refractivity contribution >= 4 is 17.6 Å². The highest BCUT2D eigenvalue weighted by Gasteiger charge is 2.31. The number of fused-ring (bicyclic) bond motifs is 1. The van der Waals surface area contributed by atoms with Gasteiger partial charge in [-0.15, -0.1) is 0 Å². The number of aliphatic hydroxyl groups excluding tert-OH is 1. The zero-order valence-corrected chi connectivity index (χ0v) is 16.2. The van der Waals surface area contributed by atoms with E-state index in [1.165, 1.54) is 30.3 Å². The molecule has 11 heteroatoms. The van der Waals surface area contributed by atoms with Gasteiger partial charge in [0.1, 0.15) is 17.7 Å². The lowest BCUT2D eigenvalue weighted by atomic mass is 10.1. The summed E-state index contributed by atoms with van der Waals surface area (Å²) < 4.78 is 41.7. The fourth-order valence-electron chi connectivity index (χ4n) is 2.94. The molecule has 0 saturated carbocycles. The molecule has 2 amide bonds. The number of nitrogens with one attached hydrogen (secondary N) is 1. The van der Waals surface area contributed by atoms with E-state index in [4.69, 9.17) is 4.74 Å². The second kappa shape index (κ2) is 8.27. The number of nitrogens with zero attached hydrogens (tertiary/aromatic N) is 3. The van der Waals surface area contributed by atoms with Gasteiger partial charge in [0.2, 0.25) is 0 Å². The van der Waals surface area contributed by atoms with Gasteiger partial charge in [0.15, 0.2) is 6.61 Å². The van der Waals surface area contributed by atoms with Crippen LogP contribution in [0.2, 0.25) is 0 Å².